The van der Waals surface area contributed by atoms with Gasteiger partial charge in [-0.3, -0.25) is 9.69 Å². The zero-order valence-corrected chi connectivity index (χ0v) is 14.1. The minimum atomic E-state index is -0.518. The van der Waals surface area contributed by atoms with Gasteiger partial charge in [0.05, 0.1) is 11.7 Å². The quantitative estimate of drug-likeness (QED) is 0.925. The maximum Gasteiger partial charge on any atom is 0.265 e. The highest BCUT2D eigenvalue weighted by Crippen LogP contribution is 2.20. The van der Waals surface area contributed by atoms with Gasteiger partial charge in [0, 0.05) is 32.7 Å². The molecule has 1 aliphatic rings. The van der Waals surface area contributed by atoms with E-state index in [-0.39, 0.29) is 5.91 Å². The van der Waals surface area contributed by atoms with E-state index in [2.05, 4.69) is 11.0 Å². The van der Waals surface area contributed by atoms with Gasteiger partial charge in [-0.1, -0.05) is 30.3 Å². The minimum absolute atomic E-state index is 0.0650. The lowest BCUT2D eigenvalue weighted by Gasteiger charge is -2.35. The third-order valence-corrected chi connectivity index (χ3v) is 5.16. The summed E-state index contributed by atoms with van der Waals surface area (Å²) >= 11 is 1.32. The van der Waals surface area contributed by atoms with E-state index in [1.807, 2.05) is 30.3 Å². The van der Waals surface area contributed by atoms with Crippen molar-refractivity contribution in [2.75, 3.05) is 32.7 Å². The van der Waals surface area contributed by atoms with E-state index in [9.17, 15) is 9.90 Å². The molecule has 0 saturated carbocycles. The number of thiophene rings is 1. The van der Waals surface area contributed by atoms with Gasteiger partial charge in [-0.15, -0.1) is 11.3 Å². The average Bonchev–Trinajstić information content (AvgIpc) is 3.11. The summed E-state index contributed by atoms with van der Waals surface area (Å²) in [6.45, 7) is 3.24. The molecule has 1 fully saturated rings. The van der Waals surface area contributed by atoms with E-state index >= 15 is 0 Å². The van der Waals surface area contributed by atoms with E-state index in [0.29, 0.717) is 30.1 Å². The van der Waals surface area contributed by atoms with Crippen molar-refractivity contribution in [2.45, 2.75) is 6.10 Å². The Bertz CT molecular complexity index is 730. The van der Waals surface area contributed by atoms with Gasteiger partial charge >= 0.3 is 0 Å². The Morgan fingerprint density at radius 3 is 2.58 bits per heavy atom. The highest BCUT2D eigenvalue weighted by atomic mass is 32.1. The number of nitrogens with zero attached hydrogens (tertiary/aromatic N) is 3. The molecule has 1 saturated heterocycles. The number of aliphatic hydroxyl groups excluding tert-OH is 1. The van der Waals surface area contributed by atoms with E-state index in [1.54, 1.807) is 16.3 Å². The first-order valence-corrected chi connectivity index (χ1v) is 8.79. The first-order valence-electron chi connectivity index (χ1n) is 7.91. The van der Waals surface area contributed by atoms with Gasteiger partial charge in [0.1, 0.15) is 10.9 Å². The first-order chi connectivity index (χ1) is 11.7. The second-order valence-corrected chi connectivity index (χ2v) is 6.71. The predicted octanol–water partition coefficient (Wildman–Crippen LogP) is 2.11. The smallest absolute Gasteiger partial charge is 0.265 e. The SMILES string of the molecule is N#Cc1ccsc1C(=O)N1CCN(C[C@H](O)c2ccccc2)CC1. The maximum atomic E-state index is 12.5. The molecule has 1 N–H and O–H groups in total. The normalized spacial score (nSPS) is 16.6. The van der Waals surface area contributed by atoms with Crippen LogP contribution < -0.4 is 0 Å². The molecule has 0 bridgehead atoms. The third kappa shape index (κ3) is 3.65. The van der Waals surface area contributed by atoms with Crippen LogP contribution in [0.15, 0.2) is 41.8 Å². The monoisotopic (exact) mass is 341 g/mol. The van der Waals surface area contributed by atoms with E-state index < -0.39 is 6.10 Å². The van der Waals surface area contributed by atoms with Gasteiger partial charge in [0.15, 0.2) is 0 Å². The zero-order valence-electron chi connectivity index (χ0n) is 13.3. The van der Waals surface area contributed by atoms with Crippen LogP contribution in [0.5, 0.6) is 0 Å². The Balaban J connectivity index is 1.54. The molecule has 0 unspecified atom stereocenters. The summed E-state index contributed by atoms with van der Waals surface area (Å²) in [5, 5.41) is 21.1. The Hall–Kier alpha value is -2.20. The second-order valence-electron chi connectivity index (χ2n) is 5.79. The van der Waals surface area contributed by atoms with Crippen LogP contribution in [0.4, 0.5) is 0 Å². The lowest BCUT2D eigenvalue weighted by atomic mass is 10.1. The highest BCUT2D eigenvalue weighted by Gasteiger charge is 2.25. The Morgan fingerprint density at radius 1 is 1.21 bits per heavy atom. The van der Waals surface area contributed by atoms with Crippen molar-refractivity contribution in [3.8, 4) is 6.07 Å². The van der Waals surface area contributed by atoms with Gasteiger partial charge in [0.2, 0.25) is 0 Å². The summed E-state index contributed by atoms with van der Waals surface area (Å²) in [5.41, 5.74) is 1.36. The number of hydrogen-bond donors (Lipinski definition) is 1. The molecule has 24 heavy (non-hydrogen) atoms. The molecule has 0 radical (unpaired) electrons. The summed E-state index contributed by atoms with van der Waals surface area (Å²) in [5.74, 6) is -0.0650. The molecule has 1 aromatic heterocycles. The molecule has 1 amide bonds. The van der Waals surface area contributed by atoms with E-state index in [0.717, 1.165) is 18.7 Å². The number of carbonyl (C=O) groups is 1. The molecule has 2 heterocycles. The topological polar surface area (TPSA) is 67.6 Å². The van der Waals surface area contributed by atoms with Gasteiger partial charge in [-0.25, -0.2) is 0 Å². The third-order valence-electron chi connectivity index (χ3n) is 4.25. The first kappa shape index (κ1) is 16.7. The van der Waals surface area contributed by atoms with Crippen LogP contribution in [-0.2, 0) is 0 Å². The van der Waals surface area contributed by atoms with Gasteiger partial charge in [-0.05, 0) is 17.0 Å². The lowest BCUT2D eigenvalue weighted by molar-refractivity contribution is 0.0531. The molecule has 6 heteroatoms. The Morgan fingerprint density at radius 2 is 1.92 bits per heavy atom. The molecular formula is C18H19N3O2S. The number of hydrogen-bond acceptors (Lipinski definition) is 5. The second kappa shape index (κ2) is 7.58. The molecule has 1 aromatic carbocycles. The van der Waals surface area contributed by atoms with Crippen molar-refractivity contribution >= 4 is 17.2 Å². The van der Waals surface area contributed by atoms with Crippen LogP contribution in [0, 0.1) is 11.3 Å². The number of β-amino-alcohol motifs (C(OH)–C–C–N with tert-alkyl or cyclic N) is 1. The van der Waals surface area contributed by atoms with Crippen LogP contribution in [0.2, 0.25) is 0 Å². The van der Waals surface area contributed by atoms with Crippen LogP contribution in [0.3, 0.4) is 0 Å². The number of rotatable bonds is 4. The number of carbonyl (C=O) groups excluding carboxylic acids is 1. The van der Waals surface area contributed by atoms with Gasteiger partial charge < -0.3 is 10.0 Å². The standard InChI is InChI=1S/C18H19N3O2S/c19-12-15-6-11-24-17(15)18(23)21-9-7-20(8-10-21)13-16(22)14-4-2-1-3-5-14/h1-6,11,16,22H,7-10,13H2/t16-/m0/s1. The molecule has 1 aliphatic heterocycles. The van der Waals surface area contributed by atoms with Crippen LogP contribution in [-0.4, -0.2) is 53.5 Å². The molecule has 5 nitrogen and oxygen atoms in total. The van der Waals surface area contributed by atoms with Crippen molar-refractivity contribution in [1.82, 2.24) is 9.80 Å². The lowest BCUT2D eigenvalue weighted by Crippen LogP contribution is -2.49. The summed E-state index contributed by atoms with van der Waals surface area (Å²) in [4.78, 5) is 17.0. The number of piperazine rings is 1. The van der Waals surface area contributed by atoms with Crippen LogP contribution in [0.1, 0.15) is 26.9 Å². The molecular weight excluding hydrogens is 322 g/mol. The zero-order chi connectivity index (χ0) is 16.9. The van der Waals surface area contributed by atoms with Crippen LogP contribution >= 0.6 is 11.3 Å². The fourth-order valence-electron chi connectivity index (χ4n) is 2.87. The number of nitriles is 1. The van der Waals surface area contributed by atoms with Crippen molar-refractivity contribution in [3.63, 3.8) is 0 Å². The van der Waals surface area contributed by atoms with Gasteiger partial charge in [-0.2, -0.15) is 5.26 Å². The van der Waals surface area contributed by atoms with Crippen molar-refractivity contribution < 1.29 is 9.90 Å². The number of amides is 1. The molecule has 0 spiro atoms. The summed E-state index contributed by atoms with van der Waals surface area (Å²) in [6.07, 6.45) is -0.518. The Labute approximate surface area is 145 Å². The number of benzene rings is 1. The van der Waals surface area contributed by atoms with Crippen LogP contribution in [0.25, 0.3) is 0 Å². The van der Waals surface area contributed by atoms with Crippen molar-refractivity contribution in [1.29, 1.82) is 5.26 Å². The summed E-state index contributed by atoms with van der Waals surface area (Å²) in [7, 11) is 0. The van der Waals surface area contributed by atoms with Gasteiger partial charge in [0.25, 0.3) is 5.91 Å². The Kier molecular flexibility index (Phi) is 5.26. The minimum Gasteiger partial charge on any atom is -0.387 e. The van der Waals surface area contributed by atoms with Crippen molar-refractivity contribution in [2.24, 2.45) is 0 Å². The molecule has 3 rings (SSSR count). The average molecular weight is 341 g/mol. The molecule has 1 atom stereocenters. The predicted molar refractivity (Wildman–Crippen MR) is 92.8 cm³/mol. The molecule has 0 aliphatic carbocycles. The molecule has 2 aromatic rings. The number of aliphatic hydroxyl groups is 1. The summed E-state index contributed by atoms with van der Waals surface area (Å²) in [6, 6.07) is 13.4. The maximum absolute atomic E-state index is 12.5. The fourth-order valence-corrected chi connectivity index (χ4v) is 3.68. The summed E-state index contributed by atoms with van der Waals surface area (Å²) < 4.78 is 0. The van der Waals surface area contributed by atoms with E-state index in [1.165, 1.54) is 11.3 Å². The largest absolute Gasteiger partial charge is 0.387 e. The molecule has 124 valence electrons. The fraction of sp³-hybridized carbons (Fsp3) is 0.333. The van der Waals surface area contributed by atoms with E-state index in [4.69, 9.17) is 5.26 Å². The van der Waals surface area contributed by atoms with Crippen molar-refractivity contribution in [3.05, 3.63) is 57.8 Å². The highest BCUT2D eigenvalue weighted by molar-refractivity contribution is 7.12.